The maximum atomic E-state index is 13.9. The molecule has 0 aromatic heterocycles. The summed E-state index contributed by atoms with van der Waals surface area (Å²) in [5.74, 6) is -3.47. The molecule has 0 spiro atoms. The van der Waals surface area contributed by atoms with Crippen LogP contribution in [0.3, 0.4) is 0 Å². The van der Waals surface area contributed by atoms with E-state index in [1.165, 1.54) is 30.3 Å². The Morgan fingerprint density at radius 3 is 2.25 bits per heavy atom. The van der Waals surface area contributed by atoms with E-state index < -0.39 is 41.4 Å². The number of carbonyl (C=O) groups excluding carboxylic acids is 4. The predicted molar refractivity (Wildman–Crippen MR) is 139 cm³/mol. The number of rotatable bonds is 7. The molecule has 188 valence electrons. The second kappa shape index (κ2) is 10.9. The third kappa shape index (κ3) is 5.05. The third-order valence-electron chi connectivity index (χ3n) is 6.50. The zero-order valence-electron chi connectivity index (χ0n) is 19.2. The highest BCUT2D eigenvalue weighted by molar-refractivity contribution is 6.42. The molecule has 2 aromatic rings. The fourth-order valence-corrected chi connectivity index (χ4v) is 5.27. The monoisotopic (exact) mass is 566 g/mol. The van der Waals surface area contributed by atoms with E-state index in [0.717, 1.165) is 15.6 Å². The fourth-order valence-electron chi connectivity index (χ4n) is 4.64. The summed E-state index contributed by atoms with van der Waals surface area (Å²) in [4.78, 5) is 54.7. The first-order chi connectivity index (χ1) is 17.1. The molecule has 0 radical (unpaired) electrons. The van der Waals surface area contributed by atoms with Crippen LogP contribution in [-0.2, 0) is 9.59 Å². The molecule has 3 amide bonds. The maximum Gasteiger partial charge on any atom is 0.273 e. The van der Waals surface area contributed by atoms with Gasteiger partial charge >= 0.3 is 0 Å². The summed E-state index contributed by atoms with van der Waals surface area (Å²) < 4.78 is 0. The summed E-state index contributed by atoms with van der Waals surface area (Å²) in [6.45, 7) is 1.90. The van der Waals surface area contributed by atoms with Crippen molar-refractivity contribution in [1.82, 2.24) is 10.0 Å². The van der Waals surface area contributed by atoms with E-state index in [1.807, 2.05) is 13.0 Å². The van der Waals surface area contributed by atoms with Gasteiger partial charge in [-0.3, -0.25) is 19.2 Å². The highest BCUT2D eigenvalue weighted by Gasteiger charge is 2.53. The first kappa shape index (κ1) is 26.7. The lowest BCUT2D eigenvalue weighted by Gasteiger charge is -2.36. The van der Waals surface area contributed by atoms with Crippen molar-refractivity contribution in [1.29, 1.82) is 0 Å². The summed E-state index contributed by atoms with van der Waals surface area (Å²) in [6.07, 6.45) is 2.72. The van der Waals surface area contributed by atoms with Crippen molar-refractivity contribution < 1.29 is 19.2 Å². The molecular weight excluding hydrogens is 546 g/mol. The maximum absolute atomic E-state index is 13.9. The molecule has 4 rings (SSSR count). The SMILES string of the molecule is CC1=CC[C@@H]2C(=O)N(N(C(=O)c3ccc(Cl)c(Cl)c3)[C@H](CCCl)C(=O)c3ccc(Cl)cc3)C(=O)[C@H]2C1. The van der Waals surface area contributed by atoms with Gasteiger partial charge in [0, 0.05) is 22.0 Å². The van der Waals surface area contributed by atoms with Gasteiger partial charge in [-0.1, -0.05) is 46.5 Å². The van der Waals surface area contributed by atoms with Crippen LogP contribution in [0.25, 0.3) is 0 Å². The molecule has 10 heteroatoms. The van der Waals surface area contributed by atoms with Crippen LogP contribution in [0.5, 0.6) is 0 Å². The number of halogens is 4. The lowest BCUT2D eigenvalue weighted by atomic mass is 9.82. The van der Waals surface area contributed by atoms with Crippen LogP contribution in [0.15, 0.2) is 54.1 Å². The topological polar surface area (TPSA) is 74.8 Å². The van der Waals surface area contributed by atoms with Crippen molar-refractivity contribution in [3.8, 4) is 0 Å². The number of amides is 3. The largest absolute Gasteiger partial charge is 0.292 e. The number of nitrogens with zero attached hydrogens (tertiary/aromatic N) is 2. The van der Waals surface area contributed by atoms with Crippen LogP contribution in [0.2, 0.25) is 15.1 Å². The molecular formula is C26H22Cl4N2O4. The van der Waals surface area contributed by atoms with E-state index in [1.54, 1.807) is 12.1 Å². The molecule has 2 aliphatic rings. The number of hydrogen-bond donors (Lipinski definition) is 0. The number of hydrazine groups is 1. The molecule has 0 bridgehead atoms. The molecule has 0 saturated carbocycles. The van der Waals surface area contributed by atoms with Crippen molar-refractivity contribution >= 4 is 69.9 Å². The molecule has 1 heterocycles. The number of fused-ring (bicyclic) bond motifs is 1. The lowest BCUT2D eigenvalue weighted by molar-refractivity contribution is -0.156. The number of imide groups is 1. The number of allylic oxidation sites excluding steroid dienone is 2. The molecule has 3 atom stereocenters. The van der Waals surface area contributed by atoms with Gasteiger partial charge in [0.25, 0.3) is 17.7 Å². The molecule has 0 N–H and O–H groups in total. The number of ketones is 1. The average molecular weight is 568 g/mol. The van der Waals surface area contributed by atoms with Crippen LogP contribution in [-0.4, -0.2) is 45.4 Å². The molecule has 1 fully saturated rings. The number of Topliss-reactive ketones (excluding diaryl/α,β-unsaturated/α-hetero) is 1. The molecule has 1 aliphatic carbocycles. The Kier molecular flexibility index (Phi) is 8.10. The van der Waals surface area contributed by atoms with E-state index in [2.05, 4.69) is 0 Å². The first-order valence-corrected chi connectivity index (χ1v) is 13.0. The minimum atomic E-state index is -1.23. The fraction of sp³-hybridized carbons (Fsp3) is 0.308. The third-order valence-corrected chi connectivity index (χ3v) is 7.71. The zero-order valence-corrected chi connectivity index (χ0v) is 22.2. The Labute approximate surface area is 228 Å². The van der Waals surface area contributed by atoms with Crippen molar-refractivity contribution in [2.45, 2.75) is 32.2 Å². The normalized spacial score (nSPS) is 20.1. The number of carbonyl (C=O) groups is 4. The molecule has 1 saturated heterocycles. The summed E-state index contributed by atoms with van der Waals surface area (Å²) in [5, 5.41) is 2.58. The van der Waals surface area contributed by atoms with Gasteiger partial charge in [0.2, 0.25) is 0 Å². The first-order valence-electron chi connectivity index (χ1n) is 11.3. The number of benzene rings is 2. The van der Waals surface area contributed by atoms with E-state index >= 15 is 0 Å². The number of hydrogen-bond acceptors (Lipinski definition) is 4. The van der Waals surface area contributed by atoms with Gasteiger partial charge in [-0.25, -0.2) is 5.01 Å². The minimum Gasteiger partial charge on any atom is -0.292 e. The Morgan fingerprint density at radius 1 is 0.972 bits per heavy atom. The van der Waals surface area contributed by atoms with Crippen molar-refractivity contribution in [2.75, 3.05) is 5.88 Å². The Morgan fingerprint density at radius 2 is 1.61 bits per heavy atom. The zero-order chi connectivity index (χ0) is 26.1. The van der Waals surface area contributed by atoms with E-state index in [-0.39, 0.29) is 33.5 Å². The van der Waals surface area contributed by atoms with Gasteiger partial charge in [0.05, 0.1) is 21.9 Å². The van der Waals surface area contributed by atoms with Gasteiger partial charge < -0.3 is 0 Å². The highest BCUT2D eigenvalue weighted by Crippen LogP contribution is 2.39. The molecule has 36 heavy (non-hydrogen) atoms. The van der Waals surface area contributed by atoms with E-state index in [0.29, 0.717) is 17.9 Å². The smallest absolute Gasteiger partial charge is 0.273 e. The molecule has 0 unspecified atom stereocenters. The van der Waals surface area contributed by atoms with Gasteiger partial charge in [-0.2, -0.15) is 5.01 Å². The van der Waals surface area contributed by atoms with Crippen molar-refractivity contribution in [3.63, 3.8) is 0 Å². The summed E-state index contributed by atoms with van der Waals surface area (Å²) >= 11 is 24.2. The average Bonchev–Trinajstić information content (AvgIpc) is 3.09. The minimum absolute atomic E-state index is 0.000250. The summed E-state index contributed by atoms with van der Waals surface area (Å²) in [7, 11) is 0. The summed E-state index contributed by atoms with van der Waals surface area (Å²) in [5.41, 5.74) is 1.32. The van der Waals surface area contributed by atoms with Gasteiger partial charge in [0.15, 0.2) is 5.78 Å². The van der Waals surface area contributed by atoms with Gasteiger partial charge in [-0.15, -0.1) is 11.6 Å². The molecule has 2 aromatic carbocycles. The van der Waals surface area contributed by atoms with E-state index in [9.17, 15) is 19.2 Å². The Hall–Kier alpha value is -2.38. The predicted octanol–water partition coefficient (Wildman–Crippen LogP) is 6.23. The molecule has 6 nitrogen and oxygen atoms in total. The van der Waals surface area contributed by atoms with Crippen LogP contribution < -0.4 is 0 Å². The molecule has 1 aliphatic heterocycles. The second-order valence-corrected chi connectivity index (χ2v) is 10.5. The lowest BCUT2D eigenvalue weighted by Crippen LogP contribution is -2.57. The van der Waals surface area contributed by atoms with Crippen LogP contribution in [0.1, 0.15) is 46.9 Å². The van der Waals surface area contributed by atoms with E-state index in [4.69, 9.17) is 46.4 Å². The number of alkyl halides is 1. The Bertz CT molecular complexity index is 1260. The summed E-state index contributed by atoms with van der Waals surface area (Å²) in [6, 6.07) is 9.12. The van der Waals surface area contributed by atoms with Gasteiger partial charge in [-0.05, 0) is 68.7 Å². The van der Waals surface area contributed by atoms with Crippen LogP contribution in [0, 0.1) is 11.8 Å². The quantitative estimate of drug-likeness (QED) is 0.172. The highest BCUT2D eigenvalue weighted by atomic mass is 35.5. The standard InChI is InChI=1S/C26H22Cl4N2O4/c1-14-2-8-18-19(12-14)26(36)32(25(18)35)31(24(34)16-5-9-20(29)21(30)13-16)22(10-11-27)23(33)15-3-6-17(28)7-4-15/h2-7,9,13,18-19,22H,8,10-12H2,1H3/t18-,19-,22+/m0/s1. The van der Waals surface area contributed by atoms with Crippen LogP contribution in [0.4, 0.5) is 0 Å². The Balaban J connectivity index is 1.82. The second-order valence-electron chi connectivity index (χ2n) is 8.83. The van der Waals surface area contributed by atoms with Crippen LogP contribution >= 0.6 is 46.4 Å². The van der Waals surface area contributed by atoms with Crippen molar-refractivity contribution in [2.24, 2.45) is 11.8 Å². The van der Waals surface area contributed by atoms with Gasteiger partial charge in [0.1, 0.15) is 6.04 Å². The van der Waals surface area contributed by atoms with Crippen molar-refractivity contribution in [3.05, 3.63) is 80.3 Å².